The minimum atomic E-state index is -0.0927. The maximum absolute atomic E-state index is 12.9. The van der Waals surface area contributed by atoms with Crippen molar-refractivity contribution in [2.24, 2.45) is 7.05 Å². The van der Waals surface area contributed by atoms with Gasteiger partial charge >= 0.3 is 0 Å². The van der Waals surface area contributed by atoms with Gasteiger partial charge in [0.05, 0.1) is 17.9 Å². The fourth-order valence-electron chi connectivity index (χ4n) is 3.63. The molecule has 4 rings (SSSR count). The molecule has 0 spiro atoms. The second kappa shape index (κ2) is 6.23. The summed E-state index contributed by atoms with van der Waals surface area (Å²) in [6.07, 6.45) is 5.75. The Bertz CT molecular complexity index is 829. The number of imidazole rings is 1. The minimum absolute atomic E-state index is 0.00142. The van der Waals surface area contributed by atoms with Crippen LogP contribution in [0.4, 0.5) is 11.4 Å². The lowest BCUT2D eigenvalue weighted by atomic mass is 9.96. The summed E-state index contributed by atoms with van der Waals surface area (Å²) >= 11 is 0. The Morgan fingerprint density at radius 1 is 1.32 bits per heavy atom. The number of carbonyl (C=O) groups excluding carboxylic acids is 2. The van der Waals surface area contributed by atoms with E-state index in [0.29, 0.717) is 17.8 Å². The Hall–Kier alpha value is -2.83. The van der Waals surface area contributed by atoms with Gasteiger partial charge in [-0.2, -0.15) is 0 Å². The Kier molecular flexibility index (Phi) is 3.91. The van der Waals surface area contributed by atoms with Crippen molar-refractivity contribution in [2.75, 3.05) is 30.3 Å². The quantitative estimate of drug-likeness (QED) is 0.874. The molecule has 2 N–H and O–H groups in total. The van der Waals surface area contributed by atoms with Crippen LogP contribution in [0.3, 0.4) is 0 Å². The van der Waals surface area contributed by atoms with Crippen molar-refractivity contribution in [3.8, 4) is 0 Å². The van der Waals surface area contributed by atoms with Crippen LogP contribution in [0.2, 0.25) is 0 Å². The summed E-state index contributed by atoms with van der Waals surface area (Å²) in [6, 6.07) is 5.42. The number of fused-ring (bicyclic) bond motifs is 1. The summed E-state index contributed by atoms with van der Waals surface area (Å²) < 4.78 is 2.03. The van der Waals surface area contributed by atoms with Crippen LogP contribution in [0, 0.1) is 0 Å². The third-order valence-corrected chi connectivity index (χ3v) is 4.91. The van der Waals surface area contributed by atoms with Gasteiger partial charge in [0.25, 0.3) is 5.91 Å². The fourth-order valence-corrected chi connectivity index (χ4v) is 3.63. The van der Waals surface area contributed by atoms with E-state index in [0.717, 1.165) is 30.9 Å². The SMILES string of the molecule is Cn1ccnc1[C@@H]1CCCN(C(=O)c2ccc3c(c2)NC(=O)CN3)C1. The highest BCUT2D eigenvalue weighted by molar-refractivity contribution is 6.03. The number of nitrogens with one attached hydrogen (secondary N) is 2. The zero-order valence-electron chi connectivity index (χ0n) is 14.2. The first-order chi connectivity index (χ1) is 12.1. The zero-order chi connectivity index (χ0) is 17.4. The number of hydrogen-bond acceptors (Lipinski definition) is 4. The van der Waals surface area contributed by atoms with Gasteiger partial charge in [0.2, 0.25) is 5.91 Å². The van der Waals surface area contributed by atoms with Crippen molar-refractivity contribution >= 4 is 23.2 Å². The predicted octanol–water partition coefficient (Wildman–Crippen LogP) is 1.80. The smallest absolute Gasteiger partial charge is 0.253 e. The summed E-state index contributed by atoms with van der Waals surface area (Å²) in [4.78, 5) is 30.8. The van der Waals surface area contributed by atoms with Crippen LogP contribution in [0.5, 0.6) is 0 Å². The van der Waals surface area contributed by atoms with Crippen molar-refractivity contribution in [3.63, 3.8) is 0 Å². The van der Waals surface area contributed by atoms with Crippen LogP contribution >= 0.6 is 0 Å². The van der Waals surface area contributed by atoms with Gasteiger partial charge in [-0.05, 0) is 31.0 Å². The van der Waals surface area contributed by atoms with E-state index in [-0.39, 0.29) is 24.3 Å². The molecule has 7 nitrogen and oxygen atoms in total. The third kappa shape index (κ3) is 2.97. The Labute approximate surface area is 146 Å². The molecule has 1 saturated heterocycles. The van der Waals surface area contributed by atoms with E-state index in [1.807, 2.05) is 34.8 Å². The number of aromatic nitrogens is 2. The molecule has 0 unspecified atom stereocenters. The second-order valence-electron chi connectivity index (χ2n) is 6.65. The second-order valence-corrected chi connectivity index (χ2v) is 6.65. The molecule has 7 heteroatoms. The number of anilines is 2. The maximum atomic E-state index is 12.9. The topological polar surface area (TPSA) is 79.3 Å². The highest BCUT2D eigenvalue weighted by Crippen LogP contribution is 2.29. The molecule has 2 aliphatic rings. The molecule has 1 atom stereocenters. The first-order valence-corrected chi connectivity index (χ1v) is 8.56. The molecule has 3 heterocycles. The maximum Gasteiger partial charge on any atom is 0.253 e. The first-order valence-electron chi connectivity index (χ1n) is 8.56. The van der Waals surface area contributed by atoms with Gasteiger partial charge in [-0.25, -0.2) is 4.98 Å². The van der Waals surface area contributed by atoms with Crippen molar-refractivity contribution < 1.29 is 9.59 Å². The molecule has 1 aromatic carbocycles. The third-order valence-electron chi connectivity index (χ3n) is 4.91. The van der Waals surface area contributed by atoms with Crippen molar-refractivity contribution in [1.29, 1.82) is 0 Å². The van der Waals surface area contributed by atoms with Crippen LogP contribution in [0.1, 0.15) is 34.9 Å². The molecule has 130 valence electrons. The van der Waals surface area contributed by atoms with Gasteiger partial charge < -0.3 is 20.1 Å². The molecular formula is C18H21N5O2. The van der Waals surface area contributed by atoms with E-state index < -0.39 is 0 Å². The molecule has 25 heavy (non-hydrogen) atoms. The van der Waals surface area contributed by atoms with E-state index in [9.17, 15) is 9.59 Å². The molecule has 0 aliphatic carbocycles. The van der Waals surface area contributed by atoms with Crippen LogP contribution < -0.4 is 10.6 Å². The average molecular weight is 339 g/mol. The van der Waals surface area contributed by atoms with Gasteiger partial charge in [0, 0.05) is 44.0 Å². The molecule has 1 fully saturated rings. The van der Waals surface area contributed by atoms with E-state index in [1.165, 1.54) is 0 Å². The Balaban J connectivity index is 1.53. The summed E-state index contributed by atoms with van der Waals surface area (Å²) in [6.45, 7) is 1.69. The largest absolute Gasteiger partial charge is 0.374 e. The van der Waals surface area contributed by atoms with Crippen molar-refractivity contribution in [2.45, 2.75) is 18.8 Å². The van der Waals surface area contributed by atoms with E-state index >= 15 is 0 Å². The molecule has 0 radical (unpaired) electrons. The lowest BCUT2D eigenvalue weighted by molar-refractivity contribution is -0.114. The number of hydrogen-bond donors (Lipinski definition) is 2. The normalized spacial score (nSPS) is 19.8. The highest BCUT2D eigenvalue weighted by Gasteiger charge is 2.28. The van der Waals surface area contributed by atoms with Crippen LogP contribution in [0.15, 0.2) is 30.6 Å². The Morgan fingerprint density at radius 3 is 3.00 bits per heavy atom. The standard InChI is InChI=1S/C18H21N5O2/c1-22-8-6-19-17(22)13-3-2-7-23(11-13)18(25)12-4-5-14-15(9-12)21-16(24)10-20-14/h4-6,8-9,13,20H,2-3,7,10-11H2,1H3,(H,21,24)/t13-/m1/s1. The van der Waals surface area contributed by atoms with Gasteiger partial charge in [-0.1, -0.05) is 0 Å². The number of amides is 2. The fraction of sp³-hybridized carbons (Fsp3) is 0.389. The number of piperidine rings is 1. The number of carbonyl (C=O) groups is 2. The summed E-state index contributed by atoms with van der Waals surface area (Å²) in [5, 5.41) is 5.85. The van der Waals surface area contributed by atoms with Crippen LogP contribution in [-0.2, 0) is 11.8 Å². The van der Waals surface area contributed by atoms with E-state index in [2.05, 4.69) is 15.6 Å². The molecule has 0 saturated carbocycles. The predicted molar refractivity (Wildman–Crippen MR) is 94.6 cm³/mol. The van der Waals surface area contributed by atoms with Crippen LogP contribution in [0.25, 0.3) is 0 Å². The summed E-state index contributed by atoms with van der Waals surface area (Å²) in [5.74, 6) is 1.20. The first kappa shape index (κ1) is 15.7. The number of likely N-dealkylation sites (tertiary alicyclic amines) is 1. The molecule has 0 bridgehead atoms. The van der Waals surface area contributed by atoms with Gasteiger partial charge in [-0.15, -0.1) is 0 Å². The highest BCUT2D eigenvalue weighted by atomic mass is 16.2. The van der Waals surface area contributed by atoms with Gasteiger partial charge in [-0.3, -0.25) is 9.59 Å². The van der Waals surface area contributed by atoms with E-state index in [4.69, 9.17) is 0 Å². The number of benzene rings is 1. The molecule has 2 aliphatic heterocycles. The van der Waals surface area contributed by atoms with Crippen molar-refractivity contribution in [3.05, 3.63) is 42.0 Å². The minimum Gasteiger partial charge on any atom is -0.374 e. The molecule has 1 aromatic heterocycles. The molecular weight excluding hydrogens is 318 g/mol. The van der Waals surface area contributed by atoms with E-state index in [1.54, 1.807) is 12.3 Å². The van der Waals surface area contributed by atoms with Crippen LogP contribution in [-0.4, -0.2) is 45.9 Å². The lowest BCUT2D eigenvalue weighted by Gasteiger charge is -2.32. The molecule has 2 aromatic rings. The summed E-state index contributed by atoms with van der Waals surface area (Å²) in [5.41, 5.74) is 2.11. The number of rotatable bonds is 2. The number of aryl methyl sites for hydroxylation is 1. The average Bonchev–Trinajstić information content (AvgIpc) is 3.06. The zero-order valence-corrected chi connectivity index (χ0v) is 14.2. The number of nitrogens with zero attached hydrogens (tertiary/aromatic N) is 3. The lowest BCUT2D eigenvalue weighted by Crippen LogP contribution is -2.39. The van der Waals surface area contributed by atoms with Gasteiger partial charge in [0.1, 0.15) is 5.82 Å². The monoisotopic (exact) mass is 339 g/mol. The summed E-state index contributed by atoms with van der Waals surface area (Å²) in [7, 11) is 1.99. The molecule has 2 amide bonds. The Morgan fingerprint density at radius 2 is 2.20 bits per heavy atom. The van der Waals surface area contributed by atoms with Gasteiger partial charge in [0.15, 0.2) is 0 Å². The van der Waals surface area contributed by atoms with Crippen molar-refractivity contribution in [1.82, 2.24) is 14.5 Å².